The Labute approximate surface area is 300 Å². The molecule has 16 nitrogen and oxygen atoms in total. The molecule has 0 aliphatic heterocycles. The average Bonchev–Trinajstić information content (AvgIpc) is 3.02. The van der Waals surface area contributed by atoms with Crippen molar-refractivity contribution in [2.24, 2.45) is 23.3 Å². The minimum Gasteiger partial charge on any atom is -0.465 e. The van der Waals surface area contributed by atoms with Crippen LogP contribution in [-0.2, 0) is 47.7 Å². The van der Waals surface area contributed by atoms with Crippen molar-refractivity contribution in [3.63, 3.8) is 0 Å². The number of aliphatic hydroxyl groups excluding tert-OH is 1. The van der Waals surface area contributed by atoms with E-state index in [-0.39, 0.29) is 68.6 Å². The maximum absolute atomic E-state index is 12.7. The standard InChI is InChI=1S/C33H61N5O11S/c1-21(2)30(44)46-14-10-23(49-31(45)22(3)4)19-50-20-24(34)28(42)38-25(18-39)29(43)36-13-16-48-33(7,8)12-15-47-32(5,6)11-9-27(41)37-17-26(35)40/h21-25,39H,9-20,34H2,1-8H3,(H2,35,40)(H,36,43)(H,37,41)(H,38,42)/t23-,24+,25+/m1/s1. The van der Waals surface area contributed by atoms with Crippen LogP contribution in [0.2, 0.25) is 0 Å². The highest BCUT2D eigenvalue weighted by molar-refractivity contribution is 7.99. The van der Waals surface area contributed by atoms with E-state index in [1.54, 1.807) is 27.7 Å². The number of nitrogens with one attached hydrogen (secondary N) is 3. The van der Waals surface area contributed by atoms with Gasteiger partial charge < -0.3 is 51.5 Å². The Bertz CT molecular complexity index is 1090. The Hall–Kier alpha value is -2.99. The smallest absolute Gasteiger partial charge is 0.308 e. The number of carbonyl (C=O) groups is 6. The van der Waals surface area contributed by atoms with E-state index in [1.165, 1.54) is 11.8 Å². The quantitative estimate of drug-likeness (QED) is 0.0487. The summed E-state index contributed by atoms with van der Waals surface area (Å²) in [6.45, 7) is 14.2. The van der Waals surface area contributed by atoms with Crippen molar-refractivity contribution in [2.75, 3.05) is 51.0 Å². The summed E-state index contributed by atoms with van der Waals surface area (Å²) in [6, 6.07) is -2.24. The van der Waals surface area contributed by atoms with E-state index in [0.717, 1.165) is 0 Å². The number of hydrogen-bond acceptors (Lipinski definition) is 13. The summed E-state index contributed by atoms with van der Waals surface area (Å²) < 4.78 is 22.6. The Kier molecular flexibility index (Phi) is 22.8. The molecule has 0 aliphatic rings. The number of carbonyl (C=O) groups excluding carboxylic acids is 6. The molecule has 0 heterocycles. The van der Waals surface area contributed by atoms with E-state index in [9.17, 15) is 33.9 Å². The molecule has 8 N–H and O–H groups in total. The molecular formula is C33H61N5O11S. The van der Waals surface area contributed by atoms with Crippen molar-refractivity contribution in [1.29, 1.82) is 0 Å². The fraction of sp³-hybridized carbons (Fsp3) is 0.818. The Morgan fingerprint density at radius 1 is 0.800 bits per heavy atom. The van der Waals surface area contributed by atoms with Gasteiger partial charge in [-0.25, -0.2) is 0 Å². The Balaban J connectivity index is 4.61. The molecule has 0 fully saturated rings. The monoisotopic (exact) mass is 735 g/mol. The fourth-order valence-electron chi connectivity index (χ4n) is 3.84. The number of esters is 2. The van der Waals surface area contributed by atoms with Gasteiger partial charge in [0.1, 0.15) is 12.1 Å². The highest BCUT2D eigenvalue weighted by atomic mass is 32.2. The summed E-state index contributed by atoms with van der Waals surface area (Å²) in [7, 11) is 0. The molecule has 290 valence electrons. The van der Waals surface area contributed by atoms with Gasteiger partial charge in [0.25, 0.3) is 0 Å². The summed E-state index contributed by atoms with van der Waals surface area (Å²) in [4.78, 5) is 71.8. The third-order valence-electron chi connectivity index (χ3n) is 7.17. The lowest BCUT2D eigenvalue weighted by Gasteiger charge is -2.30. The molecule has 0 rings (SSSR count). The first-order chi connectivity index (χ1) is 23.2. The van der Waals surface area contributed by atoms with Gasteiger partial charge in [0.15, 0.2) is 0 Å². The number of amides is 4. The van der Waals surface area contributed by atoms with Gasteiger partial charge in [-0.05, 0) is 40.5 Å². The number of primary amides is 1. The van der Waals surface area contributed by atoms with Crippen molar-refractivity contribution in [2.45, 2.75) is 110 Å². The second-order valence-corrected chi connectivity index (χ2v) is 14.8. The lowest BCUT2D eigenvalue weighted by Crippen LogP contribution is -2.54. The van der Waals surface area contributed by atoms with E-state index in [1.807, 2.05) is 27.7 Å². The van der Waals surface area contributed by atoms with Gasteiger partial charge in [0.2, 0.25) is 23.6 Å². The maximum atomic E-state index is 12.7. The first-order valence-corrected chi connectivity index (χ1v) is 18.1. The third-order valence-corrected chi connectivity index (χ3v) is 8.37. The molecule has 0 radical (unpaired) electrons. The summed E-state index contributed by atoms with van der Waals surface area (Å²) in [5.41, 5.74) is 9.87. The average molecular weight is 736 g/mol. The van der Waals surface area contributed by atoms with Crippen LogP contribution in [-0.4, -0.2) is 121 Å². The van der Waals surface area contributed by atoms with Crippen LogP contribution in [0.1, 0.15) is 81.1 Å². The zero-order valence-corrected chi connectivity index (χ0v) is 31.8. The van der Waals surface area contributed by atoms with Crippen molar-refractivity contribution in [1.82, 2.24) is 16.0 Å². The topological polar surface area (TPSA) is 248 Å². The number of thioether (sulfide) groups is 1. The van der Waals surface area contributed by atoms with Gasteiger partial charge in [0, 0.05) is 30.9 Å². The van der Waals surface area contributed by atoms with Crippen LogP contribution in [0.4, 0.5) is 0 Å². The highest BCUT2D eigenvalue weighted by Crippen LogP contribution is 2.21. The zero-order chi connectivity index (χ0) is 38.5. The molecule has 0 aromatic heterocycles. The van der Waals surface area contributed by atoms with Crippen LogP contribution in [0.5, 0.6) is 0 Å². The molecule has 3 atom stereocenters. The van der Waals surface area contributed by atoms with E-state index in [0.29, 0.717) is 25.2 Å². The summed E-state index contributed by atoms with van der Waals surface area (Å²) in [6.07, 6.45) is 0.863. The first-order valence-electron chi connectivity index (χ1n) is 16.9. The van der Waals surface area contributed by atoms with E-state index < -0.39 is 59.7 Å². The molecule has 0 aliphatic carbocycles. The molecule has 0 unspecified atom stereocenters. The number of ether oxygens (including phenoxy) is 4. The fourth-order valence-corrected chi connectivity index (χ4v) is 4.88. The molecule has 4 amide bonds. The molecule has 17 heteroatoms. The van der Waals surface area contributed by atoms with Gasteiger partial charge in [-0.2, -0.15) is 11.8 Å². The molecule has 50 heavy (non-hydrogen) atoms. The predicted octanol–water partition coefficient (Wildman–Crippen LogP) is 0.160. The molecule has 0 aromatic rings. The highest BCUT2D eigenvalue weighted by Gasteiger charge is 2.26. The van der Waals surface area contributed by atoms with Crippen molar-refractivity contribution >= 4 is 47.3 Å². The van der Waals surface area contributed by atoms with Crippen LogP contribution in [0, 0.1) is 11.8 Å². The maximum Gasteiger partial charge on any atom is 0.308 e. The SMILES string of the molecule is CC(C)C(=O)OCC[C@H](CSC[C@H](N)C(=O)N[C@@H](CO)C(=O)NCCOC(C)(C)CCOC(C)(C)CCC(=O)NCC(N)=O)OC(=O)C(C)C. The van der Waals surface area contributed by atoms with Gasteiger partial charge in [-0.1, -0.05) is 27.7 Å². The molecule has 0 aromatic carbocycles. The van der Waals surface area contributed by atoms with Crippen LogP contribution in [0.15, 0.2) is 0 Å². The van der Waals surface area contributed by atoms with Crippen LogP contribution in [0.3, 0.4) is 0 Å². The minimum atomic E-state index is -1.23. The molecular weight excluding hydrogens is 674 g/mol. The second-order valence-electron chi connectivity index (χ2n) is 13.7. The molecule has 0 saturated heterocycles. The Morgan fingerprint density at radius 2 is 1.40 bits per heavy atom. The Morgan fingerprint density at radius 3 is 1.98 bits per heavy atom. The molecule has 0 spiro atoms. The van der Waals surface area contributed by atoms with Crippen LogP contribution < -0.4 is 27.4 Å². The first kappa shape index (κ1) is 47.0. The zero-order valence-electron chi connectivity index (χ0n) is 31.0. The largest absolute Gasteiger partial charge is 0.465 e. The predicted molar refractivity (Wildman–Crippen MR) is 189 cm³/mol. The van der Waals surface area contributed by atoms with Crippen molar-refractivity contribution in [3.8, 4) is 0 Å². The number of hydrogen-bond donors (Lipinski definition) is 6. The summed E-state index contributed by atoms with van der Waals surface area (Å²) in [5.74, 6) is -3.08. The molecule has 0 saturated carbocycles. The summed E-state index contributed by atoms with van der Waals surface area (Å²) in [5, 5.41) is 17.3. The lowest BCUT2D eigenvalue weighted by atomic mass is 10.0. The third kappa shape index (κ3) is 22.7. The lowest BCUT2D eigenvalue weighted by molar-refractivity contribution is -0.154. The van der Waals surface area contributed by atoms with Crippen molar-refractivity contribution in [3.05, 3.63) is 0 Å². The summed E-state index contributed by atoms with van der Waals surface area (Å²) >= 11 is 1.27. The number of nitrogens with two attached hydrogens (primary N) is 2. The van der Waals surface area contributed by atoms with Crippen LogP contribution >= 0.6 is 11.8 Å². The van der Waals surface area contributed by atoms with E-state index in [2.05, 4.69) is 16.0 Å². The van der Waals surface area contributed by atoms with Gasteiger partial charge in [-0.15, -0.1) is 0 Å². The normalized spacial score (nSPS) is 13.7. The molecule has 0 bridgehead atoms. The van der Waals surface area contributed by atoms with Gasteiger partial charge in [0.05, 0.1) is 62.1 Å². The number of aliphatic hydroxyl groups is 1. The minimum absolute atomic E-state index is 0.0771. The second kappa shape index (κ2) is 24.2. The van der Waals surface area contributed by atoms with Crippen LogP contribution in [0.25, 0.3) is 0 Å². The van der Waals surface area contributed by atoms with Gasteiger partial charge in [-0.3, -0.25) is 28.8 Å². The number of rotatable bonds is 27. The van der Waals surface area contributed by atoms with E-state index >= 15 is 0 Å². The van der Waals surface area contributed by atoms with E-state index in [4.69, 9.17) is 30.4 Å². The van der Waals surface area contributed by atoms with Crippen molar-refractivity contribution < 1.29 is 52.8 Å². The van der Waals surface area contributed by atoms with Gasteiger partial charge >= 0.3 is 11.9 Å².